The number of nitrogens with one attached hydrogen (secondary N) is 1. The van der Waals surface area contributed by atoms with Crippen molar-refractivity contribution < 1.29 is 56.3 Å². The lowest BCUT2D eigenvalue weighted by Crippen LogP contribution is -2.29. The third kappa shape index (κ3) is 6.97. The van der Waals surface area contributed by atoms with Gasteiger partial charge in [-0.2, -0.15) is 8.62 Å². The van der Waals surface area contributed by atoms with E-state index in [9.17, 15) is 28.5 Å². The van der Waals surface area contributed by atoms with Gasteiger partial charge in [0.2, 0.25) is 0 Å². The smallest absolute Gasteiger partial charge is 0.390 e. The Morgan fingerprint density at radius 1 is 1.21 bits per heavy atom. The van der Waals surface area contributed by atoms with E-state index in [0.717, 1.165) is 6.07 Å². The monoisotopic (exact) mass is 498 g/mol. The Hall–Kier alpha value is -0.570. The summed E-state index contributed by atoms with van der Waals surface area (Å²) in [7, 11) is -16.5. The van der Waals surface area contributed by atoms with E-state index in [-0.39, 0.29) is 4.77 Å². The summed E-state index contributed by atoms with van der Waals surface area (Å²) in [6.45, 7) is 0.745. The SMILES string of the molecule is C[C@@H]1[C@H](O)[C@@H](COP(=O)(O)OP(=O)(O)OP(=O)(O)O)O[C@H]1n1ccc(=O)[nH]c1=S. The molecule has 166 valence electrons. The van der Waals surface area contributed by atoms with Gasteiger partial charge in [0.1, 0.15) is 12.3 Å². The van der Waals surface area contributed by atoms with Crippen LogP contribution in [-0.4, -0.2) is 53.0 Å². The van der Waals surface area contributed by atoms with Gasteiger partial charge >= 0.3 is 23.5 Å². The molecule has 2 rings (SSSR count). The van der Waals surface area contributed by atoms with Crippen LogP contribution < -0.4 is 5.56 Å². The highest BCUT2D eigenvalue weighted by molar-refractivity contribution is 7.71. The molecule has 1 fully saturated rings. The number of aromatic amines is 1. The van der Waals surface area contributed by atoms with Gasteiger partial charge in [-0.3, -0.25) is 18.9 Å². The molecule has 1 aliphatic heterocycles. The van der Waals surface area contributed by atoms with Crippen LogP contribution in [0.1, 0.15) is 13.2 Å². The number of phosphoric ester groups is 1. The molecule has 1 saturated heterocycles. The molecule has 6 N–H and O–H groups in total. The normalized spacial score (nSPS) is 29.3. The van der Waals surface area contributed by atoms with Crippen molar-refractivity contribution in [1.29, 1.82) is 0 Å². The summed E-state index contributed by atoms with van der Waals surface area (Å²) < 4.78 is 52.1. The number of hydrogen-bond acceptors (Lipinski definition) is 10. The van der Waals surface area contributed by atoms with Crippen LogP contribution >= 0.6 is 35.7 Å². The molecule has 1 aromatic heterocycles. The average Bonchev–Trinajstić information content (AvgIpc) is 2.78. The number of phosphoric acid groups is 3. The first-order valence-corrected chi connectivity index (χ1v) is 12.5. The molecular weight excluding hydrogens is 481 g/mol. The highest BCUT2D eigenvalue weighted by Crippen LogP contribution is 2.66. The van der Waals surface area contributed by atoms with Crippen LogP contribution in [-0.2, 0) is 31.6 Å². The van der Waals surface area contributed by atoms with E-state index >= 15 is 0 Å². The van der Waals surface area contributed by atoms with E-state index in [0.29, 0.717) is 0 Å². The van der Waals surface area contributed by atoms with Crippen molar-refractivity contribution in [3.05, 3.63) is 27.4 Å². The molecule has 2 unspecified atom stereocenters. The number of nitrogens with zero attached hydrogens (tertiary/aromatic N) is 1. The van der Waals surface area contributed by atoms with Crippen molar-refractivity contribution in [3.8, 4) is 0 Å². The second-order valence-electron chi connectivity index (χ2n) is 5.82. The molecule has 1 aromatic rings. The molecule has 0 radical (unpaired) electrons. The minimum Gasteiger partial charge on any atom is -0.390 e. The first kappa shape index (κ1) is 24.7. The van der Waals surface area contributed by atoms with Gasteiger partial charge in [0.15, 0.2) is 4.77 Å². The molecule has 19 heteroatoms. The third-order valence-corrected chi connectivity index (χ3v) is 7.74. The molecule has 6 atom stereocenters. The summed E-state index contributed by atoms with van der Waals surface area (Å²) in [4.78, 5) is 49.1. The standard InChI is InChI=1S/C10H17N2O13P3S/c1-5-8(14)6(23-9(5)12-3-2-7(13)11-10(12)29)4-22-27(18,19)25-28(20,21)24-26(15,16)17/h2-3,5-6,8-9,14H,4H2,1H3,(H,18,19)(H,20,21)(H,11,13,29)(H2,15,16,17)/t5-,6-,8+,9-/m1/s1. The lowest BCUT2D eigenvalue weighted by Gasteiger charge is -2.19. The van der Waals surface area contributed by atoms with E-state index < -0.39 is 60.0 Å². The van der Waals surface area contributed by atoms with Crippen molar-refractivity contribution in [2.45, 2.75) is 25.4 Å². The zero-order chi connectivity index (χ0) is 22.2. The molecule has 0 spiro atoms. The molecule has 2 heterocycles. The number of hydrogen-bond donors (Lipinski definition) is 6. The Balaban J connectivity index is 2.06. The van der Waals surface area contributed by atoms with E-state index in [1.54, 1.807) is 6.92 Å². The number of aromatic nitrogens is 2. The molecule has 29 heavy (non-hydrogen) atoms. The summed E-state index contributed by atoms with van der Waals surface area (Å²) in [5.41, 5.74) is -0.457. The largest absolute Gasteiger partial charge is 0.490 e. The van der Waals surface area contributed by atoms with Crippen LogP contribution in [0.15, 0.2) is 17.1 Å². The number of aliphatic hydroxyl groups is 1. The van der Waals surface area contributed by atoms with E-state index in [4.69, 9.17) is 31.6 Å². The minimum atomic E-state index is -5.65. The topological polar surface area (TPSA) is 227 Å². The second kappa shape index (κ2) is 8.89. The lowest BCUT2D eigenvalue weighted by molar-refractivity contribution is -0.0461. The zero-order valence-corrected chi connectivity index (χ0v) is 17.9. The molecule has 0 aromatic carbocycles. The molecular formula is C10H17N2O13P3S. The maximum Gasteiger partial charge on any atom is 0.490 e. The lowest BCUT2D eigenvalue weighted by atomic mass is 10.0. The third-order valence-electron chi connectivity index (χ3n) is 3.63. The van der Waals surface area contributed by atoms with Crippen LogP contribution in [0.4, 0.5) is 0 Å². The molecule has 0 saturated carbocycles. The fraction of sp³-hybridized carbons (Fsp3) is 0.600. The average molecular weight is 498 g/mol. The fourth-order valence-electron chi connectivity index (χ4n) is 2.45. The van der Waals surface area contributed by atoms with Crippen LogP contribution in [0.25, 0.3) is 0 Å². The first-order valence-electron chi connectivity index (χ1n) is 7.53. The fourth-order valence-corrected chi connectivity index (χ4v) is 5.74. The van der Waals surface area contributed by atoms with E-state index in [1.807, 2.05) is 0 Å². The molecule has 1 aliphatic rings. The highest BCUT2D eigenvalue weighted by Gasteiger charge is 2.45. The Morgan fingerprint density at radius 3 is 2.38 bits per heavy atom. The summed E-state index contributed by atoms with van der Waals surface area (Å²) in [5.74, 6) is -0.623. The van der Waals surface area contributed by atoms with Gasteiger partial charge in [0, 0.05) is 18.2 Å². The van der Waals surface area contributed by atoms with Crippen molar-refractivity contribution in [3.63, 3.8) is 0 Å². The van der Waals surface area contributed by atoms with Gasteiger partial charge in [0.05, 0.1) is 12.7 Å². The van der Waals surface area contributed by atoms with Crippen molar-refractivity contribution >= 4 is 35.7 Å². The van der Waals surface area contributed by atoms with Gasteiger partial charge in [-0.1, -0.05) is 6.92 Å². The maximum absolute atomic E-state index is 11.8. The Labute approximate surface area is 167 Å². The summed E-state index contributed by atoms with van der Waals surface area (Å²) in [6, 6.07) is 1.16. The second-order valence-corrected chi connectivity index (χ2v) is 10.6. The summed E-state index contributed by atoms with van der Waals surface area (Å²) in [5, 5.41) is 10.2. The van der Waals surface area contributed by atoms with Crippen LogP contribution in [0.2, 0.25) is 0 Å². The van der Waals surface area contributed by atoms with Gasteiger partial charge in [-0.05, 0) is 12.2 Å². The quantitative estimate of drug-likeness (QED) is 0.207. The van der Waals surface area contributed by atoms with Gasteiger partial charge in [-0.15, -0.1) is 0 Å². The van der Waals surface area contributed by atoms with E-state index in [1.165, 1.54) is 10.8 Å². The number of ether oxygens (including phenoxy) is 1. The van der Waals surface area contributed by atoms with Gasteiger partial charge < -0.3 is 29.4 Å². The molecule has 0 aliphatic carbocycles. The molecule has 15 nitrogen and oxygen atoms in total. The Bertz CT molecular complexity index is 1000. The van der Waals surface area contributed by atoms with Crippen LogP contribution in [0, 0.1) is 10.7 Å². The van der Waals surface area contributed by atoms with Crippen LogP contribution in [0.3, 0.4) is 0 Å². The number of H-pyrrole nitrogens is 1. The van der Waals surface area contributed by atoms with Crippen molar-refractivity contribution in [2.75, 3.05) is 6.61 Å². The minimum absolute atomic E-state index is 0.00455. The Morgan fingerprint density at radius 2 is 1.83 bits per heavy atom. The molecule has 0 amide bonds. The predicted molar refractivity (Wildman–Crippen MR) is 94.8 cm³/mol. The highest BCUT2D eigenvalue weighted by atomic mass is 32.1. The van der Waals surface area contributed by atoms with E-state index in [2.05, 4.69) is 18.1 Å². The van der Waals surface area contributed by atoms with Crippen LogP contribution in [0.5, 0.6) is 0 Å². The van der Waals surface area contributed by atoms with Gasteiger partial charge in [-0.25, -0.2) is 13.7 Å². The van der Waals surface area contributed by atoms with Crippen molar-refractivity contribution in [1.82, 2.24) is 9.55 Å². The number of rotatable bonds is 8. The predicted octanol–water partition coefficient (Wildman–Crippen LogP) is 0.144. The van der Waals surface area contributed by atoms with Crippen molar-refractivity contribution in [2.24, 2.45) is 5.92 Å². The Kier molecular flexibility index (Phi) is 7.57. The first-order chi connectivity index (χ1) is 13.1. The maximum atomic E-state index is 11.8. The zero-order valence-electron chi connectivity index (χ0n) is 14.4. The molecule has 0 bridgehead atoms. The summed E-state index contributed by atoms with van der Waals surface area (Å²) >= 11 is 5.01. The summed E-state index contributed by atoms with van der Waals surface area (Å²) in [6.07, 6.45) is -2.04. The number of aliphatic hydroxyl groups excluding tert-OH is 1. The van der Waals surface area contributed by atoms with Gasteiger partial charge in [0.25, 0.3) is 5.56 Å².